The van der Waals surface area contributed by atoms with Crippen molar-refractivity contribution in [3.8, 4) is 0 Å². The molecular formula is C12H15BrF3NO. The zero-order valence-electron chi connectivity index (χ0n) is 10.3. The Labute approximate surface area is 112 Å². The number of benzene rings is 1. The first-order valence-corrected chi connectivity index (χ1v) is 6.16. The molecule has 0 spiro atoms. The van der Waals surface area contributed by atoms with Gasteiger partial charge >= 0.3 is 6.18 Å². The third-order valence-electron chi connectivity index (χ3n) is 2.79. The second-order valence-electron chi connectivity index (χ2n) is 4.71. The lowest BCUT2D eigenvalue weighted by molar-refractivity contribution is -0.137. The van der Waals surface area contributed by atoms with Crippen LogP contribution < -0.4 is 5.32 Å². The zero-order chi connectivity index (χ0) is 14.1. The number of alkyl halides is 3. The molecule has 0 amide bonds. The summed E-state index contributed by atoms with van der Waals surface area (Å²) in [5.74, 6) is 0. The van der Waals surface area contributed by atoms with Crippen molar-refractivity contribution in [2.45, 2.75) is 38.6 Å². The summed E-state index contributed by atoms with van der Waals surface area (Å²) in [5.41, 5.74) is -1.66. The maximum Gasteiger partial charge on any atom is 0.418 e. The second-order valence-corrected chi connectivity index (χ2v) is 5.63. The SMILES string of the molecule is CC(O)C(C)(C)Nc1ccc(Br)cc1C(F)(F)F. The maximum absolute atomic E-state index is 12.9. The Bertz CT molecular complexity index is 430. The van der Waals surface area contributed by atoms with E-state index in [9.17, 15) is 18.3 Å². The fraction of sp³-hybridized carbons (Fsp3) is 0.500. The van der Waals surface area contributed by atoms with E-state index in [1.165, 1.54) is 19.1 Å². The van der Waals surface area contributed by atoms with Crippen LogP contribution in [0.25, 0.3) is 0 Å². The standard InChI is InChI=1S/C12H15BrF3NO/c1-7(18)11(2,3)17-10-5-4-8(13)6-9(10)12(14,15)16/h4-7,17-18H,1-3H3. The van der Waals surface area contributed by atoms with Gasteiger partial charge in [0, 0.05) is 10.2 Å². The van der Waals surface area contributed by atoms with Gasteiger partial charge in [0.25, 0.3) is 0 Å². The van der Waals surface area contributed by atoms with Gasteiger partial charge in [0.2, 0.25) is 0 Å². The Morgan fingerprint density at radius 1 is 1.28 bits per heavy atom. The van der Waals surface area contributed by atoms with Crippen molar-refractivity contribution in [2.75, 3.05) is 5.32 Å². The molecule has 0 saturated carbocycles. The molecule has 0 aliphatic carbocycles. The Kier molecular flexibility index (Phi) is 4.33. The minimum atomic E-state index is -4.44. The van der Waals surface area contributed by atoms with E-state index in [1.807, 2.05) is 0 Å². The molecule has 0 saturated heterocycles. The first-order chi connectivity index (χ1) is 8.04. The lowest BCUT2D eigenvalue weighted by atomic mass is 9.97. The van der Waals surface area contributed by atoms with Crippen LogP contribution in [-0.2, 0) is 6.18 Å². The smallest absolute Gasteiger partial charge is 0.391 e. The molecule has 1 rings (SSSR count). The number of aliphatic hydroxyl groups is 1. The van der Waals surface area contributed by atoms with Crippen LogP contribution in [0, 0.1) is 0 Å². The average molecular weight is 326 g/mol. The molecule has 1 aromatic rings. The normalized spacial score (nSPS) is 14.4. The number of anilines is 1. The molecule has 2 N–H and O–H groups in total. The highest BCUT2D eigenvalue weighted by molar-refractivity contribution is 9.10. The molecule has 0 radical (unpaired) electrons. The van der Waals surface area contributed by atoms with Gasteiger partial charge in [-0.05, 0) is 39.0 Å². The monoisotopic (exact) mass is 325 g/mol. The molecule has 2 nitrogen and oxygen atoms in total. The first kappa shape index (κ1) is 15.3. The molecule has 0 aliphatic rings. The highest BCUT2D eigenvalue weighted by Gasteiger charge is 2.35. The summed E-state index contributed by atoms with van der Waals surface area (Å²) in [4.78, 5) is 0. The molecule has 0 aliphatic heterocycles. The minimum Gasteiger partial charge on any atom is -0.391 e. The number of hydrogen-bond donors (Lipinski definition) is 2. The van der Waals surface area contributed by atoms with Crippen molar-refractivity contribution < 1.29 is 18.3 Å². The molecule has 102 valence electrons. The third-order valence-corrected chi connectivity index (χ3v) is 3.28. The fourth-order valence-corrected chi connectivity index (χ4v) is 1.67. The average Bonchev–Trinajstić information content (AvgIpc) is 2.18. The lowest BCUT2D eigenvalue weighted by Crippen LogP contribution is -2.42. The van der Waals surface area contributed by atoms with Gasteiger partial charge < -0.3 is 10.4 Å². The summed E-state index contributed by atoms with van der Waals surface area (Å²) in [6.45, 7) is 4.80. The summed E-state index contributed by atoms with van der Waals surface area (Å²) in [6.07, 6.45) is -5.23. The largest absolute Gasteiger partial charge is 0.418 e. The summed E-state index contributed by atoms with van der Waals surface area (Å²) < 4.78 is 39.0. The fourth-order valence-electron chi connectivity index (χ4n) is 1.31. The molecule has 0 fully saturated rings. The Hall–Kier alpha value is -0.750. The topological polar surface area (TPSA) is 32.3 Å². The van der Waals surface area contributed by atoms with Gasteiger partial charge in [0.05, 0.1) is 17.2 Å². The summed E-state index contributed by atoms with van der Waals surface area (Å²) in [6, 6.07) is 3.88. The predicted molar refractivity (Wildman–Crippen MR) is 68.5 cm³/mol. The second kappa shape index (κ2) is 5.09. The molecule has 1 unspecified atom stereocenters. The summed E-state index contributed by atoms with van der Waals surface area (Å²) in [5, 5.41) is 12.3. The van der Waals surface area contributed by atoms with E-state index < -0.39 is 23.4 Å². The van der Waals surface area contributed by atoms with Gasteiger partial charge in [-0.25, -0.2) is 0 Å². The van der Waals surface area contributed by atoms with E-state index in [4.69, 9.17) is 0 Å². The molecule has 1 atom stereocenters. The third kappa shape index (κ3) is 3.62. The van der Waals surface area contributed by atoms with E-state index in [2.05, 4.69) is 21.2 Å². The predicted octanol–water partition coefficient (Wildman–Crippen LogP) is 4.04. The van der Waals surface area contributed by atoms with Gasteiger partial charge in [-0.2, -0.15) is 13.2 Å². The highest BCUT2D eigenvalue weighted by atomic mass is 79.9. The van der Waals surface area contributed by atoms with Crippen molar-refractivity contribution in [3.63, 3.8) is 0 Å². The molecule has 0 bridgehead atoms. The van der Waals surface area contributed by atoms with E-state index >= 15 is 0 Å². The van der Waals surface area contributed by atoms with Crippen molar-refractivity contribution in [1.82, 2.24) is 0 Å². The van der Waals surface area contributed by atoms with E-state index in [-0.39, 0.29) is 5.69 Å². The number of hydrogen-bond acceptors (Lipinski definition) is 2. The van der Waals surface area contributed by atoms with Crippen LogP contribution in [0.3, 0.4) is 0 Å². The first-order valence-electron chi connectivity index (χ1n) is 5.37. The van der Waals surface area contributed by atoms with Crippen molar-refractivity contribution >= 4 is 21.6 Å². The van der Waals surface area contributed by atoms with Gasteiger partial charge in [-0.3, -0.25) is 0 Å². The van der Waals surface area contributed by atoms with Crippen LogP contribution >= 0.6 is 15.9 Å². The van der Waals surface area contributed by atoms with Crippen molar-refractivity contribution in [3.05, 3.63) is 28.2 Å². The number of nitrogens with one attached hydrogen (secondary N) is 1. The Balaban J connectivity index is 3.18. The maximum atomic E-state index is 12.9. The van der Waals surface area contributed by atoms with Crippen LogP contribution in [-0.4, -0.2) is 16.7 Å². The van der Waals surface area contributed by atoms with Gasteiger partial charge in [-0.1, -0.05) is 15.9 Å². The van der Waals surface area contributed by atoms with E-state index in [0.717, 1.165) is 6.07 Å². The van der Waals surface area contributed by atoms with Crippen LogP contribution in [0.5, 0.6) is 0 Å². The molecule has 18 heavy (non-hydrogen) atoms. The van der Waals surface area contributed by atoms with Crippen molar-refractivity contribution in [2.24, 2.45) is 0 Å². The van der Waals surface area contributed by atoms with Gasteiger partial charge in [0.1, 0.15) is 0 Å². The van der Waals surface area contributed by atoms with Crippen LogP contribution in [0.15, 0.2) is 22.7 Å². The summed E-state index contributed by atoms with van der Waals surface area (Å²) >= 11 is 3.02. The van der Waals surface area contributed by atoms with E-state index in [0.29, 0.717) is 4.47 Å². The van der Waals surface area contributed by atoms with E-state index in [1.54, 1.807) is 13.8 Å². The molecular weight excluding hydrogens is 311 g/mol. The van der Waals surface area contributed by atoms with Gasteiger partial charge in [-0.15, -0.1) is 0 Å². The van der Waals surface area contributed by atoms with Crippen LogP contribution in [0.4, 0.5) is 18.9 Å². The molecule has 0 heterocycles. The van der Waals surface area contributed by atoms with Crippen LogP contribution in [0.2, 0.25) is 0 Å². The van der Waals surface area contributed by atoms with Crippen LogP contribution in [0.1, 0.15) is 26.3 Å². The zero-order valence-corrected chi connectivity index (χ0v) is 11.9. The quantitative estimate of drug-likeness (QED) is 0.879. The molecule has 1 aromatic carbocycles. The van der Waals surface area contributed by atoms with Gasteiger partial charge in [0.15, 0.2) is 0 Å². The summed E-state index contributed by atoms with van der Waals surface area (Å²) in [7, 11) is 0. The Morgan fingerprint density at radius 2 is 1.83 bits per heavy atom. The minimum absolute atomic E-state index is 0.0448. The molecule has 6 heteroatoms. The number of halogens is 4. The lowest BCUT2D eigenvalue weighted by Gasteiger charge is -2.31. The Morgan fingerprint density at radius 3 is 2.28 bits per heavy atom. The van der Waals surface area contributed by atoms with Crippen molar-refractivity contribution in [1.29, 1.82) is 0 Å². The molecule has 0 aromatic heterocycles. The number of aliphatic hydroxyl groups excluding tert-OH is 1. The number of rotatable bonds is 3. The highest BCUT2D eigenvalue weighted by Crippen LogP contribution is 2.37.